The Bertz CT molecular complexity index is 937. The van der Waals surface area contributed by atoms with Gasteiger partial charge in [-0.25, -0.2) is 4.79 Å². The number of carbonyl (C=O) groups is 2. The van der Waals surface area contributed by atoms with Gasteiger partial charge in [0.05, 0.1) is 18.7 Å². The van der Waals surface area contributed by atoms with Gasteiger partial charge in [-0.1, -0.05) is 12.1 Å². The number of fused-ring (bicyclic) bond motifs is 3. The molecule has 2 amide bonds. The van der Waals surface area contributed by atoms with Gasteiger partial charge in [0.25, 0.3) is 5.91 Å². The predicted molar refractivity (Wildman–Crippen MR) is 119 cm³/mol. The zero-order valence-corrected chi connectivity index (χ0v) is 18.5. The van der Waals surface area contributed by atoms with E-state index in [1.807, 2.05) is 0 Å². The predicted octanol–water partition coefficient (Wildman–Crippen LogP) is 3.96. The third-order valence-corrected chi connectivity index (χ3v) is 6.86. The molecule has 0 saturated carbocycles. The first-order valence-corrected chi connectivity index (χ1v) is 11.4. The minimum atomic E-state index is -0.293. The van der Waals surface area contributed by atoms with Crippen LogP contribution in [0.15, 0.2) is 24.3 Å². The highest BCUT2D eigenvalue weighted by Gasteiger charge is 2.34. The van der Waals surface area contributed by atoms with E-state index >= 15 is 0 Å². The Morgan fingerprint density at radius 3 is 2.60 bits per heavy atom. The Morgan fingerprint density at radius 1 is 1.20 bits per heavy atom. The number of thiophene rings is 1. The second-order valence-electron chi connectivity index (χ2n) is 7.39. The van der Waals surface area contributed by atoms with Crippen molar-refractivity contribution >= 4 is 34.0 Å². The lowest BCUT2D eigenvalue weighted by Crippen LogP contribution is -2.39. The number of amides is 2. The summed E-state index contributed by atoms with van der Waals surface area (Å²) in [5.41, 5.74) is 3.98. The highest BCUT2D eigenvalue weighted by molar-refractivity contribution is 7.16. The van der Waals surface area contributed by atoms with Crippen molar-refractivity contribution in [2.45, 2.75) is 39.9 Å². The highest BCUT2D eigenvalue weighted by Crippen LogP contribution is 2.41. The van der Waals surface area contributed by atoms with E-state index in [-0.39, 0.29) is 18.2 Å². The third kappa shape index (κ3) is 3.71. The maximum Gasteiger partial charge on any atom is 0.410 e. The number of nitrogens with one attached hydrogen (secondary N) is 2. The minimum Gasteiger partial charge on any atom is -0.450 e. The van der Waals surface area contributed by atoms with Crippen LogP contribution in [0.2, 0.25) is 0 Å². The van der Waals surface area contributed by atoms with Gasteiger partial charge in [0, 0.05) is 30.2 Å². The largest absolute Gasteiger partial charge is 0.450 e. The molecular weight excluding hydrogens is 400 g/mol. The number of hydrogen-bond acceptors (Lipinski definition) is 6. The van der Waals surface area contributed by atoms with E-state index in [1.54, 1.807) is 23.2 Å². The summed E-state index contributed by atoms with van der Waals surface area (Å²) in [7, 11) is 0. The second-order valence-corrected chi connectivity index (χ2v) is 8.50. The Balaban J connectivity index is 1.54. The van der Waals surface area contributed by atoms with Gasteiger partial charge in [-0.05, 0) is 50.5 Å². The van der Waals surface area contributed by atoms with Crippen LogP contribution >= 0.6 is 11.3 Å². The van der Waals surface area contributed by atoms with Gasteiger partial charge >= 0.3 is 6.09 Å². The van der Waals surface area contributed by atoms with Crippen molar-refractivity contribution < 1.29 is 14.3 Å². The van der Waals surface area contributed by atoms with Gasteiger partial charge in [-0.2, -0.15) is 0 Å². The summed E-state index contributed by atoms with van der Waals surface area (Å²) in [4.78, 5) is 30.1. The van der Waals surface area contributed by atoms with Crippen molar-refractivity contribution in [1.82, 2.24) is 10.2 Å². The quantitative estimate of drug-likeness (QED) is 0.754. The summed E-state index contributed by atoms with van der Waals surface area (Å²) in [6.45, 7) is 9.43. The number of benzene rings is 1. The molecule has 8 heteroatoms. The van der Waals surface area contributed by atoms with Gasteiger partial charge in [0.1, 0.15) is 11.2 Å². The molecular formula is C22H28N4O3S. The summed E-state index contributed by atoms with van der Waals surface area (Å²) in [6, 6.07) is 8.32. The van der Waals surface area contributed by atoms with Gasteiger partial charge in [0.15, 0.2) is 0 Å². The molecule has 4 rings (SSSR count). The fraction of sp³-hybridized carbons (Fsp3) is 0.455. The molecule has 0 fully saturated rings. The molecule has 2 N–H and O–H groups in total. The van der Waals surface area contributed by atoms with Crippen molar-refractivity contribution in [3.8, 4) is 0 Å². The van der Waals surface area contributed by atoms with Gasteiger partial charge in [-0.15, -0.1) is 11.3 Å². The molecule has 7 nitrogen and oxygen atoms in total. The molecule has 2 aromatic rings. The van der Waals surface area contributed by atoms with Crippen LogP contribution in [0.25, 0.3) is 0 Å². The fourth-order valence-electron chi connectivity index (χ4n) is 4.12. The summed E-state index contributed by atoms with van der Waals surface area (Å²) >= 11 is 1.56. The zero-order chi connectivity index (χ0) is 21.3. The van der Waals surface area contributed by atoms with Crippen LogP contribution in [0, 0.1) is 0 Å². The normalized spacial score (nSPS) is 17.5. The van der Waals surface area contributed by atoms with E-state index in [4.69, 9.17) is 4.74 Å². The number of hydrogen-bond donors (Lipinski definition) is 2. The van der Waals surface area contributed by atoms with Gasteiger partial charge in [0.2, 0.25) is 0 Å². The fourth-order valence-corrected chi connectivity index (χ4v) is 5.41. The number of carbonyl (C=O) groups excluding carboxylic acids is 2. The van der Waals surface area contributed by atoms with Crippen molar-refractivity contribution in [1.29, 1.82) is 0 Å². The van der Waals surface area contributed by atoms with Crippen LogP contribution in [0.5, 0.6) is 0 Å². The van der Waals surface area contributed by atoms with E-state index < -0.39 is 0 Å². The van der Waals surface area contributed by atoms with Crippen LogP contribution in [0.3, 0.4) is 0 Å². The molecule has 0 bridgehead atoms. The molecule has 2 aliphatic heterocycles. The monoisotopic (exact) mass is 428 g/mol. The Morgan fingerprint density at radius 2 is 1.93 bits per heavy atom. The molecule has 2 aliphatic rings. The zero-order valence-electron chi connectivity index (χ0n) is 17.7. The summed E-state index contributed by atoms with van der Waals surface area (Å²) in [5, 5.41) is 7.46. The van der Waals surface area contributed by atoms with E-state index in [0.29, 0.717) is 26.1 Å². The van der Waals surface area contributed by atoms with E-state index in [0.717, 1.165) is 39.7 Å². The molecule has 0 saturated heterocycles. The van der Waals surface area contributed by atoms with E-state index in [9.17, 15) is 9.59 Å². The topological polar surface area (TPSA) is 73.9 Å². The summed E-state index contributed by atoms with van der Waals surface area (Å²) in [5.74, 6) is -0.0522. The molecule has 1 unspecified atom stereocenters. The first-order valence-electron chi connectivity index (χ1n) is 10.5. The average Bonchev–Trinajstić information content (AvgIpc) is 3.13. The van der Waals surface area contributed by atoms with Crippen LogP contribution in [-0.2, 0) is 17.7 Å². The van der Waals surface area contributed by atoms with Crippen LogP contribution in [0.1, 0.15) is 53.3 Å². The molecule has 1 aromatic heterocycles. The second kappa shape index (κ2) is 8.55. The van der Waals surface area contributed by atoms with Crippen LogP contribution in [0.4, 0.5) is 15.5 Å². The minimum absolute atomic E-state index is 0.0522. The van der Waals surface area contributed by atoms with Crippen molar-refractivity contribution in [3.05, 3.63) is 45.8 Å². The molecule has 160 valence electrons. The van der Waals surface area contributed by atoms with Crippen molar-refractivity contribution in [3.63, 3.8) is 0 Å². The molecule has 0 aliphatic carbocycles. The summed E-state index contributed by atoms with van der Waals surface area (Å²) in [6.07, 6.45) is 0.105. The van der Waals surface area contributed by atoms with Crippen LogP contribution < -0.4 is 15.5 Å². The molecule has 30 heavy (non-hydrogen) atoms. The molecule has 0 spiro atoms. The maximum absolute atomic E-state index is 12.9. The molecule has 1 atom stereocenters. The number of anilines is 2. The highest BCUT2D eigenvalue weighted by atomic mass is 32.1. The van der Waals surface area contributed by atoms with Gasteiger partial charge in [-0.3, -0.25) is 4.79 Å². The first kappa shape index (κ1) is 20.5. The van der Waals surface area contributed by atoms with Crippen LogP contribution in [-0.4, -0.2) is 43.1 Å². The SMILES string of the molecule is CCOC(=O)N1CCc2c(sc3c2C(=O)NC(c2ccc(N(CC)CC)cc2)N3)C1. The van der Waals surface area contributed by atoms with Gasteiger partial charge < -0.3 is 25.2 Å². The lowest BCUT2D eigenvalue weighted by atomic mass is 10.0. The Kier molecular flexibility index (Phi) is 5.85. The molecule has 3 heterocycles. The first-order chi connectivity index (χ1) is 14.5. The number of rotatable bonds is 5. The lowest BCUT2D eigenvalue weighted by molar-refractivity contribution is 0.0934. The maximum atomic E-state index is 12.9. The Hall–Kier alpha value is -2.74. The Labute approximate surface area is 181 Å². The van der Waals surface area contributed by atoms with Crippen molar-refractivity contribution in [2.24, 2.45) is 0 Å². The average molecular weight is 429 g/mol. The van der Waals surface area contributed by atoms with E-state index in [2.05, 4.69) is 53.6 Å². The lowest BCUT2D eigenvalue weighted by Gasteiger charge is -2.28. The van der Waals surface area contributed by atoms with Crippen molar-refractivity contribution in [2.75, 3.05) is 36.5 Å². The van der Waals surface area contributed by atoms with E-state index in [1.165, 1.54) is 5.69 Å². The standard InChI is InChI=1S/C22H28N4O3S/c1-4-25(5-2)15-9-7-14(8-10-15)19-23-20(27)18-16-11-12-26(22(28)29-6-3)13-17(16)30-21(18)24-19/h7-10,19,24H,4-6,11-13H2,1-3H3,(H,23,27). The number of ether oxygens (including phenoxy) is 1. The number of nitrogens with zero attached hydrogens (tertiary/aromatic N) is 2. The molecule has 1 aromatic carbocycles. The smallest absolute Gasteiger partial charge is 0.410 e. The summed E-state index contributed by atoms with van der Waals surface area (Å²) < 4.78 is 5.13. The third-order valence-electron chi connectivity index (χ3n) is 5.72. The molecule has 0 radical (unpaired) electrons.